The minimum Gasteiger partial charge on any atom is -0.408 e. The van der Waals surface area contributed by atoms with Gasteiger partial charge in [-0.1, -0.05) is 23.7 Å². The Morgan fingerprint density at radius 3 is 2.79 bits per heavy atom. The molecule has 0 radical (unpaired) electrons. The predicted molar refractivity (Wildman–Crippen MR) is 95.5 cm³/mol. The molecule has 0 saturated carbocycles. The molecule has 2 aromatic heterocycles. The molecule has 0 saturated heterocycles. The number of oxazole rings is 1. The molecule has 7 heteroatoms. The summed E-state index contributed by atoms with van der Waals surface area (Å²) < 4.78 is 7.40. The standard InChI is InChI=1S/C17H17ClN2O3S/c1-2-19(11-12-7-8-15(18)24-12)16(21)9-10-20-13-5-3-4-6-14(13)23-17(20)22/h3-8H,2,9-11H2,1H3. The van der Waals surface area contributed by atoms with E-state index in [4.69, 9.17) is 16.0 Å². The zero-order chi connectivity index (χ0) is 17.1. The highest BCUT2D eigenvalue weighted by Crippen LogP contribution is 2.23. The van der Waals surface area contributed by atoms with E-state index in [0.717, 1.165) is 4.88 Å². The SMILES string of the molecule is CCN(Cc1ccc(Cl)s1)C(=O)CCn1c(=O)oc2ccccc21. The number of hydrogen-bond donors (Lipinski definition) is 0. The second kappa shape index (κ2) is 7.23. The quantitative estimate of drug-likeness (QED) is 0.669. The molecular weight excluding hydrogens is 348 g/mol. The van der Waals surface area contributed by atoms with Crippen molar-refractivity contribution in [1.29, 1.82) is 0 Å². The van der Waals surface area contributed by atoms with Crippen molar-refractivity contribution >= 4 is 39.9 Å². The van der Waals surface area contributed by atoms with Crippen molar-refractivity contribution in [1.82, 2.24) is 9.47 Å². The van der Waals surface area contributed by atoms with Gasteiger partial charge in [0.05, 0.1) is 16.4 Å². The number of fused-ring (bicyclic) bond motifs is 1. The number of para-hydroxylation sites is 2. The van der Waals surface area contributed by atoms with E-state index in [1.807, 2.05) is 37.3 Å². The number of benzene rings is 1. The van der Waals surface area contributed by atoms with Crippen molar-refractivity contribution in [3.05, 3.63) is 56.2 Å². The van der Waals surface area contributed by atoms with Crippen LogP contribution in [0.2, 0.25) is 4.34 Å². The third-order valence-electron chi connectivity index (χ3n) is 3.83. The summed E-state index contributed by atoms with van der Waals surface area (Å²) in [5.41, 5.74) is 1.25. The number of rotatable bonds is 6. The summed E-state index contributed by atoms with van der Waals surface area (Å²) in [6.07, 6.45) is 0.246. The smallest absolute Gasteiger partial charge is 0.408 e. The molecule has 0 bridgehead atoms. The van der Waals surface area contributed by atoms with Crippen LogP contribution < -0.4 is 5.76 Å². The molecule has 0 atom stereocenters. The van der Waals surface area contributed by atoms with Crippen LogP contribution in [0.25, 0.3) is 11.1 Å². The van der Waals surface area contributed by atoms with Crippen molar-refractivity contribution in [2.24, 2.45) is 0 Å². The average molecular weight is 365 g/mol. The lowest BCUT2D eigenvalue weighted by atomic mass is 10.3. The molecule has 2 heterocycles. The lowest BCUT2D eigenvalue weighted by molar-refractivity contribution is -0.131. The summed E-state index contributed by atoms with van der Waals surface area (Å²) >= 11 is 7.41. The predicted octanol–water partition coefficient (Wildman–Crippen LogP) is 3.75. The number of carbonyl (C=O) groups is 1. The largest absolute Gasteiger partial charge is 0.419 e. The number of thiophene rings is 1. The van der Waals surface area contributed by atoms with Gasteiger partial charge in [-0.15, -0.1) is 11.3 Å². The van der Waals surface area contributed by atoms with E-state index in [0.29, 0.717) is 35.1 Å². The maximum absolute atomic E-state index is 12.5. The molecule has 5 nitrogen and oxygen atoms in total. The van der Waals surface area contributed by atoms with E-state index in [-0.39, 0.29) is 12.3 Å². The topological polar surface area (TPSA) is 55.5 Å². The molecule has 1 amide bonds. The summed E-state index contributed by atoms with van der Waals surface area (Å²) in [7, 11) is 0. The molecule has 0 fully saturated rings. The van der Waals surface area contributed by atoms with Gasteiger partial charge in [-0.25, -0.2) is 4.79 Å². The van der Waals surface area contributed by atoms with E-state index in [2.05, 4.69) is 0 Å². The van der Waals surface area contributed by atoms with Crippen LogP contribution in [0, 0.1) is 0 Å². The second-order valence-corrected chi connectivity index (χ2v) is 7.15. The Kier molecular flexibility index (Phi) is 5.06. The van der Waals surface area contributed by atoms with E-state index in [1.54, 1.807) is 11.0 Å². The Labute approximate surface area is 148 Å². The summed E-state index contributed by atoms with van der Waals surface area (Å²) in [5, 5.41) is 0. The highest BCUT2D eigenvalue weighted by atomic mass is 35.5. The number of carbonyl (C=O) groups excluding carboxylic acids is 1. The summed E-state index contributed by atoms with van der Waals surface area (Å²) in [6.45, 7) is 3.38. The maximum Gasteiger partial charge on any atom is 0.419 e. The maximum atomic E-state index is 12.5. The van der Waals surface area contributed by atoms with E-state index >= 15 is 0 Å². The van der Waals surface area contributed by atoms with E-state index in [1.165, 1.54) is 15.9 Å². The molecule has 0 aliphatic rings. The van der Waals surface area contributed by atoms with Crippen LogP contribution >= 0.6 is 22.9 Å². The van der Waals surface area contributed by atoms with Gasteiger partial charge in [0.1, 0.15) is 0 Å². The zero-order valence-electron chi connectivity index (χ0n) is 13.2. The highest BCUT2D eigenvalue weighted by Gasteiger charge is 2.15. The van der Waals surface area contributed by atoms with Gasteiger partial charge < -0.3 is 9.32 Å². The minimum atomic E-state index is -0.433. The van der Waals surface area contributed by atoms with Gasteiger partial charge in [0.15, 0.2) is 5.58 Å². The Morgan fingerprint density at radius 2 is 2.08 bits per heavy atom. The van der Waals surface area contributed by atoms with Crippen molar-refractivity contribution in [2.45, 2.75) is 26.4 Å². The fourth-order valence-corrected chi connectivity index (χ4v) is 3.70. The molecule has 126 valence electrons. The van der Waals surface area contributed by atoms with Gasteiger partial charge in [0.25, 0.3) is 0 Å². The fraction of sp³-hybridized carbons (Fsp3) is 0.294. The van der Waals surface area contributed by atoms with Crippen LogP contribution in [0.15, 0.2) is 45.6 Å². The van der Waals surface area contributed by atoms with Crippen LogP contribution in [0.5, 0.6) is 0 Å². The van der Waals surface area contributed by atoms with Crippen molar-refractivity contribution in [2.75, 3.05) is 6.54 Å². The molecule has 0 unspecified atom stereocenters. The van der Waals surface area contributed by atoms with Crippen LogP contribution in [-0.2, 0) is 17.9 Å². The summed E-state index contributed by atoms with van der Waals surface area (Å²) in [5.74, 6) is -0.434. The number of amides is 1. The molecule has 0 aliphatic carbocycles. The van der Waals surface area contributed by atoms with Crippen LogP contribution in [0.1, 0.15) is 18.2 Å². The lowest BCUT2D eigenvalue weighted by Crippen LogP contribution is -2.31. The van der Waals surface area contributed by atoms with Gasteiger partial charge in [0, 0.05) is 24.4 Å². The third-order valence-corrected chi connectivity index (χ3v) is 5.05. The second-order valence-electron chi connectivity index (χ2n) is 5.35. The molecule has 0 spiro atoms. The number of halogens is 1. The minimum absolute atomic E-state index is 0.000737. The summed E-state index contributed by atoms with van der Waals surface area (Å²) in [6, 6.07) is 11.0. The third kappa shape index (κ3) is 3.55. The first-order chi connectivity index (χ1) is 11.6. The average Bonchev–Trinajstić information content (AvgIpc) is 3.12. The first kappa shape index (κ1) is 16.8. The highest BCUT2D eigenvalue weighted by molar-refractivity contribution is 7.16. The molecule has 1 aromatic carbocycles. The van der Waals surface area contributed by atoms with Gasteiger partial charge in [-0.3, -0.25) is 9.36 Å². The Morgan fingerprint density at radius 1 is 1.29 bits per heavy atom. The van der Waals surface area contributed by atoms with Crippen LogP contribution in [0.3, 0.4) is 0 Å². The first-order valence-corrected chi connectivity index (χ1v) is 8.88. The van der Waals surface area contributed by atoms with E-state index < -0.39 is 5.76 Å². The number of aryl methyl sites for hydroxylation is 1. The fourth-order valence-electron chi connectivity index (χ4n) is 2.59. The van der Waals surface area contributed by atoms with Crippen LogP contribution in [-0.4, -0.2) is 21.9 Å². The molecule has 3 rings (SSSR count). The number of hydrogen-bond acceptors (Lipinski definition) is 4. The van der Waals surface area contributed by atoms with Crippen LogP contribution in [0.4, 0.5) is 0 Å². The Balaban J connectivity index is 1.69. The van der Waals surface area contributed by atoms with Gasteiger partial charge in [0.2, 0.25) is 5.91 Å². The molecule has 24 heavy (non-hydrogen) atoms. The molecule has 3 aromatic rings. The summed E-state index contributed by atoms with van der Waals surface area (Å²) in [4.78, 5) is 27.2. The Hall–Kier alpha value is -2.05. The van der Waals surface area contributed by atoms with Gasteiger partial charge in [-0.2, -0.15) is 0 Å². The Bertz CT molecular complexity index is 912. The molecular formula is C17H17ClN2O3S. The van der Waals surface area contributed by atoms with Crippen molar-refractivity contribution < 1.29 is 9.21 Å². The normalized spacial score (nSPS) is 11.1. The van der Waals surface area contributed by atoms with Crippen molar-refractivity contribution in [3.8, 4) is 0 Å². The monoisotopic (exact) mass is 364 g/mol. The van der Waals surface area contributed by atoms with Gasteiger partial charge in [-0.05, 0) is 31.2 Å². The van der Waals surface area contributed by atoms with Crippen molar-refractivity contribution in [3.63, 3.8) is 0 Å². The molecule has 0 aliphatic heterocycles. The number of aromatic nitrogens is 1. The zero-order valence-corrected chi connectivity index (χ0v) is 14.8. The lowest BCUT2D eigenvalue weighted by Gasteiger charge is -2.20. The van der Waals surface area contributed by atoms with Gasteiger partial charge >= 0.3 is 5.76 Å². The number of nitrogens with zero attached hydrogens (tertiary/aromatic N) is 2. The van der Waals surface area contributed by atoms with E-state index in [9.17, 15) is 9.59 Å². The first-order valence-electron chi connectivity index (χ1n) is 7.69. The molecule has 0 N–H and O–H groups in total.